The minimum Gasteiger partial charge on any atom is -0.408 e. The standard InChI is InChI=1S/C11H9ClN2O3/c1-6-4-10(17-13-6)14-8-5-7(12)2-3-9(8)16-11(14)15/h2-3,5,10H,4H2,1H3/t10-/m0/s1. The minimum absolute atomic E-state index is 0.442. The van der Waals surface area contributed by atoms with Crippen LogP contribution in [-0.2, 0) is 4.84 Å². The van der Waals surface area contributed by atoms with Gasteiger partial charge in [0, 0.05) is 11.4 Å². The minimum atomic E-state index is -0.461. The van der Waals surface area contributed by atoms with Crippen molar-refractivity contribution in [1.82, 2.24) is 4.57 Å². The van der Waals surface area contributed by atoms with Crippen molar-refractivity contribution < 1.29 is 9.25 Å². The topological polar surface area (TPSA) is 56.7 Å². The van der Waals surface area contributed by atoms with E-state index in [1.807, 2.05) is 6.92 Å². The molecule has 0 bridgehead atoms. The van der Waals surface area contributed by atoms with Gasteiger partial charge in [0.2, 0.25) is 6.23 Å². The zero-order chi connectivity index (χ0) is 12.0. The van der Waals surface area contributed by atoms with Crippen LogP contribution in [-0.4, -0.2) is 10.3 Å². The zero-order valence-corrected chi connectivity index (χ0v) is 9.77. The van der Waals surface area contributed by atoms with Gasteiger partial charge in [-0.25, -0.2) is 9.36 Å². The fourth-order valence-electron chi connectivity index (χ4n) is 1.90. The van der Waals surface area contributed by atoms with Gasteiger partial charge in [-0.15, -0.1) is 0 Å². The Morgan fingerprint density at radius 2 is 2.35 bits per heavy atom. The van der Waals surface area contributed by atoms with E-state index >= 15 is 0 Å². The molecule has 0 N–H and O–H groups in total. The molecule has 0 aliphatic carbocycles. The number of hydrogen-bond acceptors (Lipinski definition) is 4. The number of fused-ring (bicyclic) bond motifs is 1. The van der Waals surface area contributed by atoms with Crippen LogP contribution < -0.4 is 5.76 Å². The van der Waals surface area contributed by atoms with E-state index < -0.39 is 12.0 Å². The van der Waals surface area contributed by atoms with Gasteiger partial charge < -0.3 is 9.25 Å². The van der Waals surface area contributed by atoms with Gasteiger partial charge in [0.15, 0.2) is 5.58 Å². The second-order valence-electron chi connectivity index (χ2n) is 3.94. The van der Waals surface area contributed by atoms with Crippen molar-refractivity contribution in [1.29, 1.82) is 0 Å². The Hall–Kier alpha value is -1.75. The maximum atomic E-state index is 11.8. The highest BCUT2D eigenvalue weighted by Gasteiger charge is 2.25. The van der Waals surface area contributed by atoms with Crippen LogP contribution in [0, 0.1) is 0 Å². The third-order valence-corrected chi connectivity index (χ3v) is 2.90. The molecule has 1 aromatic heterocycles. The van der Waals surface area contributed by atoms with E-state index in [9.17, 15) is 4.79 Å². The SMILES string of the molecule is CC1=NO[C@H](n2c(=O)oc3ccc(Cl)cc32)C1. The molecule has 1 aromatic carbocycles. The number of rotatable bonds is 1. The molecular formula is C11H9ClN2O3. The van der Waals surface area contributed by atoms with Crippen molar-refractivity contribution in [2.45, 2.75) is 19.6 Å². The Morgan fingerprint density at radius 3 is 3.06 bits per heavy atom. The molecular weight excluding hydrogens is 244 g/mol. The predicted molar refractivity (Wildman–Crippen MR) is 63.3 cm³/mol. The summed E-state index contributed by atoms with van der Waals surface area (Å²) in [4.78, 5) is 17.0. The second-order valence-corrected chi connectivity index (χ2v) is 4.38. The molecule has 1 aliphatic heterocycles. The fourth-order valence-corrected chi connectivity index (χ4v) is 2.06. The highest BCUT2D eigenvalue weighted by atomic mass is 35.5. The van der Waals surface area contributed by atoms with Crippen molar-refractivity contribution in [2.75, 3.05) is 0 Å². The molecule has 0 spiro atoms. The molecule has 17 heavy (non-hydrogen) atoms. The highest BCUT2D eigenvalue weighted by molar-refractivity contribution is 6.31. The van der Waals surface area contributed by atoms with Crippen LogP contribution in [0.5, 0.6) is 0 Å². The molecule has 3 rings (SSSR count). The maximum absolute atomic E-state index is 11.8. The van der Waals surface area contributed by atoms with Crippen molar-refractivity contribution >= 4 is 28.4 Å². The fraction of sp³-hybridized carbons (Fsp3) is 0.273. The van der Waals surface area contributed by atoms with E-state index in [1.165, 1.54) is 4.57 Å². The van der Waals surface area contributed by atoms with Crippen molar-refractivity contribution in [3.63, 3.8) is 0 Å². The van der Waals surface area contributed by atoms with Crippen molar-refractivity contribution in [3.8, 4) is 0 Å². The maximum Gasteiger partial charge on any atom is 0.423 e. The van der Waals surface area contributed by atoms with Gasteiger partial charge in [-0.3, -0.25) is 0 Å². The summed E-state index contributed by atoms with van der Waals surface area (Å²) in [6.07, 6.45) is 0.128. The third kappa shape index (κ3) is 1.63. The van der Waals surface area contributed by atoms with E-state index in [0.29, 0.717) is 22.5 Å². The molecule has 2 aromatic rings. The van der Waals surface area contributed by atoms with Crippen LogP contribution in [0.2, 0.25) is 5.02 Å². The normalized spacial score (nSPS) is 19.4. The second kappa shape index (κ2) is 3.63. The number of hydrogen-bond donors (Lipinski definition) is 0. The van der Waals surface area contributed by atoms with E-state index in [1.54, 1.807) is 18.2 Å². The largest absolute Gasteiger partial charge is 0.423 e. The first-order valence-corrected chi connectivity index (χ1v) is 5.53. The van der Waals surface area contributed by atoms with Crippen LogP contribution >= 0.6 is 11.6 Å². The van der Waals surface area contributed by atoms with E-state index in [2.05, 4.69) is 5.16 Å². The smallest absolute Gasteiger partial charge is 0.408 e. The van der Waals surface area contributed by atoms with Gasteiger partial charge in [0.25, 0.3) is 0 Å². The lowest BCUT2D eigenvalue weighted by atomic mass is 10.2. The summed E-state index contributed by atoms with van der Waals surface area (Å²) in [6.45, 7) is 1.85. The van der Waals surface area contributed by atoms with Gasteiger partial charge in [0.1, 0.15) is 0 Å². The molecule has 0 unspecified atom stereocenters. The molecule has 2 heterocycles. The summed E-state index contributed by atoms with van der Waals surface area (Å²) in [5, 5.41) is 4.37. The summed E-state index contributed by atoms with van der Waals surface area (Å²) in [5.41, 5.74) is 1.96. The number of benzene rings is 1. The number of aromatic nitrogens is 1. The number of halogens is 1. The molecule has 1 atom stereocenters. The van der Waals surface area contributed by atoms with Crippen molar-refractivity contribution in [2.24, 2.45) is 5.16 Å². The Labute approximate surface area is 101 Å². The highest BCUT2D eigenvalue weighted by Crippen LogP contribution is 2.26. The van der Waals surface area contributed by atoms with E-state index in [4.69, 9.17) is 20.9 Å². The number of oxazole rings is 1. The summed E-state index contributed by atoms with van der Waals surface area (Å²) >= 11 is 5.91. The average molecular weight is 253 g/mol. The van der Waals surface area contributed by atoms with Crippen LogP contribution in [0.25, 0.3) is 11.1 Å². The van der Waals surface area contributed by atoms with Gasteiger partial charge in [-0.2, -0.15) is 0 Å². The van der Waals surface area contributed by atoms with Crippen LogP contribution in [0.3, 0.4) is 0 Å². The zero-order valence-electron chi connectivity index (χ0n) is 9.01. The number of nitrogens with zero attached hydrogens (tertiary/aromatic N) is 2. The predicted octanol–water partition coefficient (Wildman–Crippen LogP) is 2.54. The first-order chi connectivity index (χ1) is 8.15. The number of oxime groups is 1. The van der Waals surface area contributed by atoms with Crippen LogP contribution in [0.1, 0.15) is 19.6 Å². The Balaban J connectivity index is 2.18. The average Bonchev–Trinajstić information content (AvgIpc) is 2.81. The molecule has 0 saturated heterocycles. The Morgan fingerprint density at radius 1 is 1.53 bits per heavy atom. The summed E-state index contributed by atoms with van der Waals surface area (Å²) < 4.78 is 6.55. The first kappa shape index (κ1) is 10.4. The van der Waals surface area contributed by atoms with Gasteiger partial charge >= 0.3 is 5.76 Å². The van der Waals surface area contributed by atoms with Gasteiger partial charge in [-0.05, 0) is 25.1 Å². The lowest BCUT2D eigenvalue weighted by Gasteiger charge is -2.08. The molecule has 88 valence electrons. The quantitative estimate of drug-likeness (QED) is 0.784. The van der Waals surface area contributed by atoms with Gasteiger partial charge in [-0.1, -0.05) is 16.8 Å². The van der Waals surface area contributed by atoms with Crippen LogP contribution in [0.4, 0.5) is 0 Å². The third-order valence-electron chi connectivity index (χ3n) is 2.66. The summed E-state index contributed by atoms with van der Waals surface area (Å²) in [6, 6.07) is 5.02. The van der Waals surface area contributed by atoms with Gasteiger partial charge in [0.05, 0.1) is 11.2 Å². The Bertz CT molecular complexity index is 671. The molecule has 6 heteroatoms. The van der Waals surface area contributed by atoms with Crippen molar-refractivity contribution in [3.05, 3.63) is 33.8 Å². The lowest BCUT2D eigenvalue weighted by Crippen LogP contribution is -2.20. The molecule has 0 fully saturated rings. The molecule has 0 radical (unpaired) electrons. The molecule has 1 aliphatic rings. The van der Waals surface area contributed by atoms with E-state index in [-0.39, 0.29) is 0 Å². The summed E-state index contributed by atoms with van der Waals surface area (Å²) in [5.74, 6) is -0.461. The molecule has 0 saturated carbocycles. The first-order valence-electron chi connectivity index (χ1n) is 5.15. The van der Waals surface area contributed by atoms with E-state index in [0.717, 1.165) is 5.71 Å². The Kier molecular flexibility index (Phi) is 2.22. The molecule has 5 nitrogen and oxygen atoms in total. The lowest BCUT2D eigenvalue weighted by molar-refractivity contribution is 0.0304. The van der Waals surface area contributed by atoms with Crippen LogP contribution in [0.15, 0.2) is 32.6 Å². The monoisotopic (exact) mass is 252 g/mol. The summed E-state index contributed by atoms with van der Waals surface area (Å²) in [7, 11) is 0. The molecule has 0 amide bonds.